The molecule has 0 spiro atoms. The van der Waals surface area contributed by atoms with Gasteiger partial charge < -0.3 is 10.1 Å². The molecule has 7 heteroatoms. The highest BCUT2D eigenvalue weighted by atomic mass is 16.3. The first-order chi connectivity index (χ1) is 14.5. The van der Waals surface area contributed by atoms with E-state index >= 15 is 0 Å². The summed E-state index contributed by atoms with van der Waals surface area (Å²) in [5.74, 6) is -0.411. The van der Waals surface area contributed by atoms with Crippen LogP contribution >= 0.6 is 0 Å². The molecule has 3 N–H and O–H groups in total. The second kappa shape index (κ2) is 7.87. The van der Waals surface area contributed by atoms with Gasteiger partial charge in [-0.05, 0) is 43.5 Å². The summed E-state index contributed by atoms with van der Waals surface area (Å²) >= 11 is 0. The van der Waals surface area contributed by atoms with Crippen molar-refractivity contribution in [2.45, 2.75) is 20.3 Å². The minimum absolute atomic E-state index is 0.00298. The van der Waals surface area contributed by atoms with Gasteiger partial charge in [0.1, 0.15) is 5.56 Å². The van der Waals surface area contributed by atoms with Gasteiger partial charge in [-0.15, -0.1) is 0 Å². The fraction of sp³-hybridized carbons (Fsp3) is 0.174. The number of hydrogen-bond acceptors (Lipinski definition) is 4. The van der Waals surface area contributed by atoms with Gasteiger partial charge >= 0.3 is 5.69 Å². The molecule has 0 saturated heterocycles. The standard InChI is InChI=1S/C23H22N4O3/c1-14-7-3-6-10-19(14)27-22(29)20(21(28)26-23(27)30)15(2)24-12-11-16-13-25-18-9-5-4-8-17(16)18/h3-10,13,25,29H,11-12H2,1-2H3,(H,26,28,30). The number of nitrogens with one attached hydrogen (secondary N) is 2. The maximum atomic E-state index is 12.4. The summed E-state index contributed by atoms with van der Waals surface area (Å²) in [5, 5.41) is 11.9. The molecule has 7 nitrogen and oxygen atoms in total. The van der Waals surface area contributed by atoms with Crippen LogP contribution in [0.2, 0.25) is 0 Å². The van der Waals surface area contributed by atoms with Crippen LogP contribution in [-0.4, -0.2) is 31.9 Å². The van der Waals surface area contributed by atoms with Gasteiger partial charge in [-0.3, -0.25) is 14.8 Å². The van der Waals surface area contributed by atoms with Crippen molar-refractivity contribution in [3.63, 3.8) is 0 Å². The number of rotatable bonds is 5. The Labute approximate surface area is 172 Å². The summed E-state index contributed by atoms with van der Waals surface area (Å²) in [6.07, 6.45) is 2.63. The van der Waals surface area contributed by atoms with Crippen molar-refractivity contribution in [3.8, 4) is 11.6 Å². The molecule has 30 heavy (non-hydrogen) atoms. The highest BCUT2D eigenvalue weighted by molar-refractivity contribution is 6.00. The highest BCUT2D eigenvalue weighted by Gasteiger charge is 2.18. The number of benzene rings is 2. The highest BCUT2D eigenvalue weighted by Crippen LogP contribution is 2.21. The zero-order valence-corrected chi connectivity index (χ0v) is 16.8. The average Bonchev–Trinajstić information content (AvgIpc) is 3.12. The number of nitrogens with zero attached hydrogens (tertiary/aromatic N) is 2. The van der Waals surface area contributed by atoms with E-state index in [1.54, 1.807) is 19.1 Å². The van der Waals surface area contributed by atoms with Crippen LogP contribution in [0.1, 0.15) is 23.6 Å². The SMILES string of the molecule is CC(=NCCc1c[nH]c2ccccc12)c1c(O)n(-c2ccccc2C)c(=O)[nH]c1=O. The Balaban J connectivity index is 1.68. The minimum atomic E-state index is -0.692. The molecular weight excluding hydrogens is 380 g/mol. The van der Waals surface area contributed by atoms with Crippen LogP contribution in [0.3, 0.4) is 0 Å². The molecule has 0 fully saturated rings. The van der Waals surface area contributed by atoms with Gasteiger partial charge in [0.2, 0.25) is 5.88 Å². The quantitative estimate of drug-likeness (QED) is 0.447. The van der Waals surface area contributed by atoms with Gasteiger partial charge in [0.15, 0.2) is 0 Å². The first-order valence-corrected chi connectivity index (χ1v) is 9.68. The summed E-state index contributed by atoms with van der Waals surface area (Å²) in [5.41, 5.74) is 2.51. The van der Waals surface area contributed by atoms with Gasteiger partial charge in [-0.2, -0.15) is 0 Å². The second-order valence-electron chi connectivity index (χ2n) is 7.16. The molecule has 0 aliphatic heterocycles. The summed E-state index contributed by atoms with van der Waals surface area (Å²) in [6.45, 7) is 3.93. The third-order valence-corrected chi connectivity index (χ3v) is 5.21. The summed E-state index contributed by atoms with van der Waals surface area (Å²) in [4.78, 5) is 34.8. The summed E-state index contributed by atoms with van der Waals surface area (Å²) in [6, 6.07) is 15.2. The minimum Gasteiger partial charge on any atom is -0.493 e. The molecule has 2 aromatic heterocycles. The van der Waals surface area contributed by atoms with E-state index in [-0.39, 0.29) is 5.56 Å². The number of aryl methyl sites for hydroxylation is 1. The molecule has 0 aliphatic rings. The maximum absolute atomic E-state index is 12.4. The van der Waals surface area contributed by atoms with Crippen LogP contribution in [-0.2, 0) is 6.42 Å². The van der Waals surface area contributed by atoms with Crippen LogP contribution in [0, 0.1) is 6.92 Å². The third kappa shape index (κ3) is 3.45. The predicted molar refractivity (Wildman–Crippen MR) is 118 cm³/mol. The molecule has 0 radical (unpaired) electrons. The summed E-state index contributed by atoms with van der Waals surface area (Å²) in [7, 11) is 0. The molecular formula is C23H22N4O3. The van der Waals surface area contributed by atoms with Crippen molar-refractivity contribution in [3.05, 3.63) is 92.3 Å². The van der Waals surface area contributed by atoms with Gasteiger partial charge in [-0.25, -0.2) is 9.36 Å². The van der Waals surface area contributed by atoms with Gasteiger partial charge in [0, 0.05) is 29.4 Å². The fourth-order valence-corrected chi connectivity index (χ4v) is 3.65. The maximum Gasteiger partial charge on any atom is 0.335 e. The molecule has 0 atom stereocenters. The van der Waals surface area contributed by atoms with Crippen LogP contribution in [0.4, 0.5) is 0 Å². The Morgan fingerprint density at radius 1 is 1.10 bits per heavy atom. The lowest BCUT2D eigenvalue weighted by atomic mass is 10.1. The number of H-pyrrole nitrogens is 2. The van der Waals surface area contributed by atoms with Gasteiger partial charge in [-0.1, -0.05) is 36.4 Å². The van der Waals surface area contributed by atoms with Gasteiger partial charge in [0.25, 0.3) is 5.56 Å². The number of aromatic hydroxyl groups is 1. The topological polar surface area (TPSA) is 103 Å². The van der Waals surface area contributed by atoms with E-state index in [0.717, 1.165) is 26.6 Å². The summed E-state index contributed by atoms with van der Waals surface area (Å²) < 4.78 is 1.10. The van der Waals surface area contributed by atoms with Crippen LogP contribution < -0.4 is 11.2 Å². The Hall–Kier alpha value is -3.87. The number of hydrogen-bond donors (Lipinski definition) is 3. The van der Waals surface area contributed by atoms with E-state index in [1.165, 1.54) is 0 Å². The van der Waals surface area contributed by atoms with E-state index in [9.17, 15) is 14.7 Å². The third-order valence-electron chi connectivity index (χ3n) is 5.21. The largest absolute Gasteiger partial charge is 0.493 e. The number of aromatic nitrogens is 3. The van der Waals surface area contributed by atoms with Crippen molar-refractivity contribution >= 4 is 16.6 Å². The van der Waals surface area contributed by atoms with Crippen molar-refractivity contribution in [2.75, 3.05) is 6.54 Å². The zero-order valence-electron chi connectivity index (χ0n) is 16.8. The lowest BCUT2D eigenvalue weighted by Crippen LogP contribution is -2.33. The lowest BCUT2D eigenvalue weighted by Gasteiger charge is -2.13. The second-order valence-corrected chi connectivity index (χ2v) is 7.16. The average molecular weight is 402 g/mol. The monoisotopic (exact) mass is 402 g/mol. The first-order valence-electron chi connectivity index (χ1n) is 9.68. The van der Waals surface area contributed by atoms with E-state index in [4.69, 9.17) is 0 Å². The smallest absolute Gasteiger partial charge is 0.335 e. The van der Waals surface area contributed by atoms with Crippen LogP contribution in [0.15, 0.2) is 69.3 Å². The zero-order chi connectivity index (χ0) is 21.3. The Bertz CT molecular complexity index is 1380. The normalized spacial score (nSPS) is 11.9. The van der Waals surface area contributed by atoms with E-state index in [0.29, 0.717) is 24.4 Å². The number of aromatic amines is 2. The number of fused-ring (bicyclic) bond motifs is 1. The Morgan fingerprint density at radius 2 is 1.83 bits per heavy atom. The molecule has 0 saturated carbocycles. The molecule has 2 aromatic carbocycles. The molecule has 152 valence electrons. The fourth-order valence-electron chi connectivity index (χ4n) is 3.65. The van der Waals surface area contributed by atoms with E-state index in [2.05, 4.69) is 15.0 Å². The van der Waals surface area contributed by atoms with E-state index < -0.39 is 17.1 Å². The van der Waals surface area contributed by atoms with E-state index in [1.807, 2.05) is 49.5 Å². The van der Waals surface area contributed by atoms with Crippen LogP contribution in [0.25, 0.3) is 16.6 Å². The molecule has 4 aromatic rings. The molecule has 0 unspecified atom stereocenters. The van der Waals surface area contributed by atoms with Crippen molar-refractivity contribution in [1.82, 2.24) is 14.5 Å². The van der Waals surface area contributed by atoms with Gasteiger partial charge in [0.05, 0.1) is 5.69 Å². The number of para-hydroxylation sites is 2. The molecule has 4 rings (SSSR count). The first kappa shape index (κ1) is 19.4. The predicted octanol–water partition coefficient (Wildman–Crippen LogP) is 3.07. The number of aliphatic imine (C=N–C) groups is 1. The van der Waals surface area contributed by atoms with Crippen molar-refractivity contribution < 1.29 is 5.11 Å². The molecule has 2 heterocycles. The van der Waals surface area contributed by atoms with Crippen LogP contribution in [0.5, 0.6) is 5.88 Å². The Morgan fingerprint density at radius 3 is 2.63 bits per heavy atom. The lowest BCUT2D eigenvalue weighted by molar-refractivity contribution is 0.429. The molecule has 0 amide bonds. The molecule has 0 bridgehead atoms. The van der Waals surface area contributed by atoms with Crippen molar-refractivity contribution in [1.29, 1.82) is 0 Å². The Kier molecular flexibility index (Phi) is 5.10. The molecule has 0 aliphatic carbocycles. The van der Waals surface area contributed by atoms with Crippen molar-refractivity contribution in [2.24, 2.45) is 4.99 Å².